The fraction of sp³-hybridized carbons (Fsp3) is 0.455. The molecule has 1 rings (SSSR count). The molecule has 0 spiro atoms. The van der Waals surface area contributed by atoms with Gasteiger partial charge in [-0.3, -0.25) is 0 Å². The molecule has 0 aliphatic rings. The zero-order chi connectivity index (χ0) is 13.0. The summed E-state index contributed by atoms with van der Waals surface area (Å²) in [7, 11) is 1.14. The minimum atomic E-state index is -1.39. The van der Waals surface area contributed by atoms with Gasteiger partial charge in [-0.25, -0.2) is 8.78 Å². The molecule has 0 aliphatic carbocycles. The molecule has 0 saturated carbocycles. The summed E-state index contributed by atoms with van der Waals surface area (Å²) in [5, 5.41) is 19.1. The van der Waals surface area contributed by atoms with Crippen LogP contribution in [-0.4, -0.2) is 29.3 Å². The van der Waals surface area contributed by atoms with Crippen molar-refractivity contribution in [3.05, 3.63) is 29.3 Å². The van der Waals surface area contributed by atoms with E-state index in [0.29, 0.717) is 0 Å². The lowest BCUT2D eigenvalue weighted by atomic mass is 10.0. The average molecular weight is 267 g/mol. The van der Waals surface area contributed by atoms with E-state index in [1.807, 2.05) is 0 Å². The lowest BCUT2D eigenvalue weighted by molar-refractivity contribution is 0.0166. The van der Waals surface area contributed by atoms with E-state index in [1.165, 1.54) is 0 Å². The summed E-state index contributed by atoms with van der Waals surface area (Å²) < 4.78 is 31.2. The van der Waals surface area contributed by atoms with Crippen molar-refractivity contribution in [2.24, 2.45) is 0 Å². The van der Waals surface area contributed by atoms with E-state index >= 15 is 0 Å². The second kappa shape index (κ2) is 6.14. The van der Waals surface area contributed by atoms with Crippen LogP contribution >= 0.6 is 11.6 Å². The predicted octanol–water partition coefficient (Wildman–Crippen LogP) is 2.00. The highest BCUT2D eigenvalue weighted by molar-refractivity contribution is 6.17. The second-order valence-corrected chi connectivity index (χ2v) is 3.89. The standard InChI is InChI=1S/C11H13ClF2O3/c1-17-11-7(13)4-6(5-8(11)14)10(16)9(15)2-3-12/h4-5,9-10,15-16H,2-3H2,1H3. The number of rotatable bonds is 5. The molecule has 1 aromatic rings. The van der Waals surface area contributed by atoms with E-state index in [1.54, 1.807) is 0 Å². The van der Waals surface area contributed by atoms with Gasteiger partial charge in [-0.2, -0.15) is 0 Å². The summed E-state index contributed by atoms with van der Waals surface area (Å²) >= 11 is 5.40. The molecule has 0 fully saturated rings. The molecule has 2 N–H and O–H groups in total. The van der Waals surface area contributed by atoms with E-state index in [9.17, 15) is 19.0 Å². The van der Waals surface area contributed by atoms with E-state index < -0.39 is 29.6 Å². The molecule has 0 bridgehead atoms. The second-order valence-electron chi connectivity index (χ2n) is 3.51. The third kappa shape index (κ3) is 3.28. The fourth-order valence-electron chi connectivity index (χ4n) is 1.44. The van der Waals surface area contributed by atoms with Gasteiger partial charge in [-0.1, -0.05) is 0 Å². The van der Waals surface area contributed by atoms with Gasteiger partial charge in [0.05, 0.1) is 13.2 Å². The Morgan fingerprint density at radius 1 is 1.29 bits per heavy atom. The number of hydrogen-bond acceptors (Lipinski definition) is 3. The van der Waals surface area contributed by atoms with E-state index in [2.05, 4.69) is 4.74 Å². The summed E-state index contributed by atoms with van der Waals surface area (Å²) in [6, 6.07) is 1.84. The third-order valence-corrected chi connectivity index (χ3v) is 2.55. The van der Waals surface area contributed by atoms with Crippen LogP contribution in [0.4, 0.5) is 8.78 Å². The topological polar surface area (TPSA) is 49.7 Å². The summed E-state index contributed by atoms with van der Waals surface area (Å²) in [6.45, 7) is 0. The van der Waals surface area contributed by atoms with Crippen molar-refractivity contribution >= 4 is 11.6 Å². The first-order chi connectivity index (χ1) is 8.01. The molecule has 0 aliphatic heterocycles. The number of hydrogen-bond donors (Lipinski definition) is 2. The zero-order valence-electron chi connectivity index (χ0n) is 9.16. The molecule has 0 aromatic heterocycles. The van der Waals surface area contributed by atoms with Gasteiger partial charge in [-0.15, -0.1) is 11.6 Å². The molecule has 0 saturated heterocycles. The highest BCUT2D eigenvalue weighted by Gasteiger charge is 2.21. The molecule has 2 atom stereocenters. The van der Waals surface area contributed by atoms with Crippen molar-refractivity contribution in [1.29, 1.82) is 0 Å². The summed E-state index contributed by atoms with van der Waals surface area (Å²) in [5.74, 6) is -2.24. The Labute approximate surface area is 103 Å². The number of halogens is 3. The first-order valence-corrected chi connectivity index (χ1v) is 5.49. The van der Waals surface area contributed by atoms with Crippen LogP contribution in [0.25, 0.3) is 0 Å². The SMILES string of the molecule is COc1c(F)cc(C(O)C(O)CCCl)cc1F. The molecular formula is C11H13ClF2O3. The van der Waals surface area contributed by atoms with Crippen LogP contribution in [0.3, 0.4) is 0 Å². The Hall–Kier alpha value is -0.910. The molecule has 2 unspecified atom stereocenters. The van der Waals surface area contributed by atoms with Gasteiger partial charge in [0.1, 0.15) is 6.10 Å². The van der Waals surface area contributed by atoms with Gasteiger partial charge in [0, 0.05) is 5.88 Å². The number of benzene rings is 1. The summed E-state index contributed by atoms with van der Waals surface area (Å²) in [6.07, 6.45) is -2.43. The van der Waals surface area contributed by atoms with Crippen LogP contribution in [0, 0.1) is 11.6 Å². The van der Waals surface area contributed by atoms with Crippen molar-refractivity contribution in [3.63, 3.8) is 0 Å². The molecule has 3 nitrogen and oxygen atoms in total. The highest BCUT2D eigenvalue weighted by atomic mass is 35.5. The van der Waals surface area contributed by atoms with Crippen LogP contribution in [0.1, 0.15) is 18.1 Å². The van der Waals surface area contributed by atoms with E-state index in [-0.39, 0.29) is 17.9 Å². The monoisotopic (exact) mass is 266 g/mol. The molecule has 0 heterocycles. The van der Waals surface area contributed by atoms with Gasteiger partial charge in [0.25, 0.3) is 0 Å². The van der Waals surface area contributed by atoms with Crippen molar-refractivity contribution in [1.82, 2.24) is 0 Å². The minimum Gasteiger partial charge on any atom is -0.491 e. The third-order valence-electron chi connectivity index (χ3n) is 2.34. The Kier molecular flexibility index (Phi) is 5.11. The summed E-state index contributed by atoms with van der Waals surface area (Å²) in [5.41, 5.74) is -0.0570. The van der Waals surface area contributed by atoms with Crippen molar-refractivity contribution in [2.45, 2.75) is 18.6 Å². The molecule has 0 radical (unpaired) electrons. The maximum absolute atomic E-state index is 13.3. The Bertz CT molecular complexity index is 364. The van der Waals surface area contributed by atoms with Crippen LogP contribution in [-0.2, 0) is 0 Å². The van der Waals surface area contributed by atoms with Crippen LogP contribution < -0.4 is 4.74 Å². The first kappa shape index (κ1) is 14.2. The Morgan fingerprint density at radius 3 is 2.24 bits per heavy atom. The maximum Gasteiger partial charge on any atom is 0.190 e. The number of aliphatic hydroxyl groups excluding tert-OH is 2. The van der Waals surface area contributed by atoms with E-state index in [4.69, 9.17) is 11.6 Å². The number of methoxy groups -OCH3 is 1. The predicted molar refractivity (Wildman–Crippen MR) is 59.2 cm³/mol. The lowest BCUT2D eigenvalue weighted by Crippen LogP contribution is -2.19. The molecule has 96 valence electrons. The summed E-state index contributed by atoms with van der Waals surface area (Å²) in [4.78, 5) is 0. The molecular weight excluding hydrogens is 254 g/mol. The quantitative estimate of drug-likeness (QED) is 0.802. The molecule has 6 heteroatoms. The lowest BCUT2D eigenvalue weighted by Gasteiger charge is -2.18. The highest BCUT2D eigenvalue weighted by Crippen LogP contribution is 2.27. The molecule has 1 aromatic carbocycles. The normalized spacial score (nSPS) is 14.5. The van der Waals surface area contributed by atoms with Gasteiger partial charge in [0.2, 0.25) is 0 Å². The van der Waals surface area contributed by atoms with Crippen LogP contribution in [0.15, 0.2) is 12.1 Å². The Morgan fingerprint density at radius 2 is 1.82 bits per heavy atom. The van der Waals surface area contributed by atoms with Crippen molar-refractivity contribution in [2.75, 3.05) is 13.0 Å². The van der Waals surface area contributed by atoms with Gasteiger partial charge in [-0.05, 0) is 24.1 Å². The fourth-order valence-corrected chi connectivity index (χ4v) is 1.66. The maximum atomic E-state index is 13.3. The number of aliphatic hydroxyl groups is 2. The smallest absolute Gasteiger partial charge is 0.190 e. The van der Waals surface area contributed by atoms with Gasteiger partial charge >= 0.3 is 0 Å². The van der Waals surface area contributed by atoms with Crippen LogP contribution in [0.5, 0.6) is 5.75 Å². The van der Waals surface area contributed by atoms with Crippen molar-refractivity contribution in [3.8, 4) is 5.75 Å². The molecule has 0 amide bonds. The van der Waals surface area contributed by atoms with Gasteiger partial charge < -0.3 is 14.9 Å². The van der Waals surface area contributed by atoms with Gasteiger partial charge in [0.15, 0.2) is 17.4 Å². The van der Waals surface area contributed by atoms with Crippen LogP contribution in [0.2, 0.25) is 0 Å². The van der Waals surface area contributed by atoms with Crippen molar-refractivity contribution < 1.29 is 23.7 Å². The van der Waals surface area contributed by atoms with E-state index in [0.717, 1.165) is 19.2 Å². The largest absolute Gasteiger partial charge is 0.491 e. The minimum absolute atomic E-state index is 0.0570. The Balaban J connectivity index is 2.99. The number of ether oxygens (including phenoxy) is 1. The average Bonchev–Trinajstić information content (AvgIpc) is 2.27. The molecule has 17 heavy (non-hydrogen) atoms. The zero-order valence-corrected chi connectivity index (χ0v) is 9.92. The first-order valence-electron chi connectivity index (χ1n) is 4.96. The number of alkyl halides is 1.